The number of nitrogens with one attached hydrogen (secondary N) is 1. The molecule has 110 valence electrons. The van der Waals surface area contributed by atoms with Gasteiger partial charge < -0.3 is 20.1 Å². The standard InChI is InChI=1S/C15H22N2O3/c1-17-8-4-3-5-11(17)10-16-15(19)13-9-12(20-2)6-7-14(13)18/h6-7,9,11,18H,3-5,8,10H2,1-2H3,(H,16,19). The van der Waals surface area contributed by atoms with Crippen LogP contribution in [0.5, 0.6) is 11.5 Å². The molecule has 5 heteroatoms. The lowest BCUT2D eigenvalue weighted by molar-refractivity contribution is 0.0925. The number of amides is 1. The smallest absolute Gasteiger partial charge is 0.255 e. The number of carbonyl (C=O) groups is 1. The fourth-order valence-electron chi connectivity index (χ4n) is 2.53. The zero-order valence-corrected chi connectivity index (χ0v) is 12.1. The van der Waals surface area contributed by atoms with Crippen molar-refractivity contribution in [1.82, 2.24) is 10.2 Å². The third kappa shape index (κ3) is 3.42. The van der Waals surface area contributed by atoms with E-state index in [0.717, 1.165) is 13.0 Å². The van der Waals surface area contributed by atoms with E-state index in [1.54, 1.807) is 12.1 Å². The molecule has 1 aromatic carbocycles. The number of carbonyl (C=O) groups excluding carboxylic acids is 1. The fraction of sp³-hybridized carbons (Fsp3) is 0.533. The molecule has 0 aliphatic carbocycles. The van der Waals surface area contributed by atoms with Gasteiger partial charge in [-0.15, -0.1) is 0 Å². The van der Waals surface area contributed by atoms with Crippen LogP contribution in [0.25, 0.3) is 0 Å². The Morgan fingerprint density at radius 1 is 1.50 bits per heavy atom. The van der Waals surface area contributed by atoms with Gasteiger partial charge in [0.25, 0.3) is 5.91 Å². The van der Waals surface area contributed by atoms with Gasteiger partial charge in [0.15, 0.2) is 0 Å². The van der Waals surface area contributed by atoms with Crippen LogP contribution in [-0.2, 0) is 0 Å². The Morgan fingerprint density at radius 2 is 2.30 bits per heavy atom. The molecule has 0 aromatic heterocycles. The van der Waals surface area contributed by atoms with Crippen molar-refractivity contribution in [1.29, 1.82) is 0 Å². The van der Waals surface area contributed by atoms with E-state index in [9.17, 15) is 9.90 Å². The lowest BCUT2D eigenvalue weighted by Gasteiger charge is -2.32. The molecule has 1 unspecified atom stereocenters. The highest BCUT2D eigenvalue weighted by molar-refractivity contribution is 5.97. The van der Waals surface area contributed by atoms with E-state index >= 15 is 0 Å². The van der Waals surface area contributed by atoms with Crippen LogP contribution in [0.4, 0.5) is 0 Å². The van der Waals surface area contributed by atoms with Crippen molar-refractivity contribution >= 4 is 5.91 Å². The van der Waals surface area contributed by atoms with Crippen LogP contribution >= 0.6 is 0 Å². The first kappa shape index (κ1) is 14.7. The van der Waals surface area contributed by atoms with Crippen molar-refractivity contribution in [3.8, 4) is 11.5 Å². The number of methoxy groups -OCH3 is 1. The van der Waals surface area contributed by atoms with Crippen molar-refractivity contribution in [3.63, 3.8) is 0 Å². The molecular formula is C15H22N2O3. The van der Waals surface area contributed by atoms with Gasteiger partial charge in [-0.2, -0.15) is 0 Å². The zero-order valence-electron chi connectivity index (χ0n) is 12.1. The molecule has 1 aromatic rings. The number of benzene rings is 1. The van der Waals surface area contributed by atoms with E-state index < -0.39 is 0 Å². The number of hydrogen-bond donors (Lipinski definition) is 2. The predicted octanol–water partition coefficient (Wildman–Crippen LogP) is 1.61. The second-order valence-electron chi connectivity index (χ2n) is 5.22. The summed E-state index contributed by atoms with van der Waals surface area (Å²) in [6, 6.07) is 5.02. The summed E-state index contributed by atoms with van der Waals surface area (Å²) in [4.78, 5) is 14.4. The number of nitrogens with zero attached hydrogens (tertiary/aromatic N) is 1. The van der Waals surface area contributed by atoms with Gasteiger partial charge in [-0.05, 0) is 44.6 Å². The Morgan fingerprint density at radius 3 is 3.00 bits per heavy atom. The summed E-state index contributed by atoms with van der Waals surface area (Å²) in [6.07, 6.45) is 3.52. The number of phenolic OH excluding ortho intramolecular Hbond substituents is 1. The molecule has 0 radical (unpaired) electrons. The molecule has 1 aliphatic heterocycles. The lowest BCUT2D eigenvalue weighted by atomic mass is 10.0. The largest absolute Gasteiger partial charge is 0.507 e. The number of likely N-dealkylation sites (N-methyl/N-ethyl adjacent to an activating group) is 1. The van der Waals surface area contributed by atoms with E-state index in [2.05, 4.69) is 17.3 Å². The normalized spacial score (nSPS) is 19.6. The summed E-state index contributed by atoms with van der Waals surface area (Å²) in [7, 11) is 3.62. The van der Waals surface area contributed by atoms with Crippen LogP contribution in [0.15, 0.2) is 18.2 Å². The number of ether oxygens (including phenoxy) is 1. The molecule has 0 saturated carbocycles. The molecule has 1 heterocycles. The summed E-state index contributed by atoms with van der Waals surface area (Å²) in [5, 5.41) is 12.7. The number of hydrogen-bond acceptors (Lipinski definition) is 4. The molecule has 1 saturated heterocycles. The Balaban J connectivity index is 1.97. The summed E-state index contributed by atoms with van der Waals surface area (Å²) in [6.45, 7) is 1.68. The van der Waals surface area contributed by atoms with Gasteiger partial charge in [0.05, 0.1) is 12.7 Å². The van der Waals surface area contributed by atoms with E-state index in [0.29, 0.717) is 18.3 Å². The first-order valence-electron chi connectivity index (χ1n) is 6.97. The van der Waals surface area contributed by atoms with E-state index in [4.69, 9.17) is 4.74 Å². The average Bonchev–Trinajstić information content (AvgIpc) is 2.46. The maximum Gasteiger partial charge on any atom is 0.255 e. The summed E-state index contributed by atoms with van der Waals surface area (Å²) < 4.78 is 5.07. The molecule has 1 amide bonds. The predicted molar refractivity (Wildman–Crippen MR) is 77.3 cm³/mol. The van der Waals surface area contributed by atoms with Crippen LogP contribution < -0.4 is 10.1 Å². The molecule has 1 aliphatic rings. The van der Waals surface area contributed by atoms with Gasteiger partial charge in [-0.3, -0.25) is 4.79 Å². The van der Waals surface area contributed by atoms with Gasteiger partial charge in [0.1, 0.15) is 11.5 Å². The van der Waals surface area contributed by atoms with E-state index in [-0.39, 0.29) is 17.2 Å². The van der Waals surface area contributed by atoms with Crippen LogP contribution in [0.2, 0.25) is 0 Å². The van der Waals surface area contributed by atoms with E-state index in [1.807, 2.05) is 0 Å². The SMILES string of the molecule is COc1ccc(O)c(C(=O)NCC2CCCCN2C)c1. The Bertz CT molecular complexity index is 476. The molecule has 2 rings (SSSR count). The second kappa shape index (κ2) is 6.61. The minimum absolute atomic E-state index is 0.0275. The van der Waals surface area contributed by atoms with Crippen molar-refractivity contribution in [2.75, 3.05) is 27.2 Å². The Hall–Kier alpha value is -1.75. The molecule has 2 N–H and O–H groups in total. The maximum absolute atomic E-state index is 12.1. The van der Waals surface area contributed by atoms with Gasteiger partial charge in [0, 0.05) is 12.6 Å². The van der Waals surface area contributed by atoms with Crippen molar-refractivity contribution in [2.24, 2.45) is 0 Å². The highest BCUT2D eigenvalue weighted by Crippen LogP contribution is 2.22. The second-order valence-corrected chi connectivity index (χ2v) is 5.22. The number of piperidine rings is 1. The van der Waals surface area contributed by atoms with Crippen LogP contribution in [0.1, 0.15) is 29.6 Å². The minimum atomic E-state index is -0.264. The maximum atomic E-state index is 12.1. The molecule has 1 atom stereocenters. The highest BCUT2D eigenvalue weighted by atomic mass is 16.5. The van der Waals surface area contributed by atoms with Gasteiger partial charge >= 0.3 is 0 Å². The highest BCUT2D eigenvalue weighted by Gasteiger charge is 2.20. The van der Waals surface area contributed by atoms with Gasteiger partial charge in [-0.1, -0.05) is 6.42 Å². The Labute approximate surface area is 119 Å². The van der Waals surface area contributed by atoms with Gasteiger partial charge in [-0.25, -0.2) is 0 Å². The molecule has 0 bridgehead atoms. The lowest BCUT2D eigenvalue weighted by Crippen LogP contribution is -2.44. The van der Waals surface area contributed by atoms with Crippen molar-refractivity contribution < 1.29 is 14.6 Å². The molecule has 1 fully saturated rings. The summed E-state index contributed by atoms with van der Waals surface area (Å²) in [5.41, 5.74) is 0.253. The van der Waals surface area contributed by atoms with Crippen molar-refractivity contribution in [2.45, 2.75) is 25.3 Å². The monoisotopic (exact) mass is 278 g/mol. The zero-order chi connectivity index (χ0) is 14.5. The van der Waals surface area contributed by atoms with E-state index in [1.165, 1.54) is 26.0 Å². The number of likely N-dealkylation sites (tertiary alicyclic amines) is 1. The topological polar surface area (TPSA) is 61.8 Å². The first-order chi connectivity index (χ1) is 9.61. The van der Waals surface area contributed by atoms with Crippen molar-refractivity contribution in [3.05, 3.63) is 23.8 Å². The van der Waals surface area contributed by atoms with Crippen LogP contribution in [-0.4, -0.2) is 49.2 Å². The third-order valence-electron chi connectivity index (χ3n) is 3.87. The molecule has 20 heavy (non-hydrogen) atoms. The molecule has 5 nitrogen and oxygen atoms in total. The summed E-state index contributed by atoms with van der Waals surface area (Å²) in [5.74, 6) is 0.267. The Kier molecular flexibility index (Phi) is 4.84. The summed E-state index contributed by atoms with van der Waals surface area (Å²) >= 11 is 0. The molecular weight excluding hydrogens is 256 g/mol. The third-order valence-corrected chi connectivity index (χ3v) is 3.87. The molecule has 0 spiro atoms. The number of rotatable bonds is 4. The average molecular weight is 278 g/mol. The minimum Gasteiger partial charge on any atom is -0.507 e. The van der Waals surface area contributed by atoms with Crippen LogP contribution in [0.3, 0.4) is 0 Å². The fourth-order valence-corrected chi connectivity index (χ4v) is 2.53. The quantitative estimate of drug-likeness (QED) is 0.878. The number of phenols is 1. The van der Waals surface area contributed by atoms with Gasteiger partial charge in [0.2, 0.25) is 0 Å². The van der Waals surface area contributed by atoms with Crippen LogP contribution in [0, 0.1) is 0 Å². The number of aromatic hydroxyl groups is 1. The first-order valence-corrected chi connectivity index (χ1v) is 6.97.